The molecule has 0 unspecified atom stereocenters. The number of hydrogen-bond donors (Lipinski definition) is 1. The van der Waals surface area contributed by atoms with Crippen LogP contribution in [0.15, 0.2) is 53.7 Å². The molecule has 130 valence electrons. The zero-order valence-corrected chi connectivity index (χ0v) is 14.7. The molecule has 0 spiro atoms. The van der Waals surface area contributed by atoms with Gasteiger partial charge in [-0.25, -0.2) is 0 Å². The maximum absolute atomic E-state index is 11.9. The van der Waals surface area contributed by atoms with Crippen LogP contribution in [0.5, 0.6) is 5.75 Å². The second kappa shape index (κ2) is 6.68. The number of fused-ring (bicyclic) bond motifs is 1. The summed E-state index contributed by atoms with van der Waals surface area (Å²) in [5.74, 6) is 0.388. The van der Waals surface area contributed by atoms with E-state index in [0.29, 0.717) is 11.4 Å². The van der Waals surface area contributed by atoms with Crippen LogP contribution in [0, 0.1) is 0 Å². The van der Waals surface area contributed by atoms with Gasteiger partial charge in [-0.05, 0) is 42.1 Å². The molecule has 3 aromatic rings. The standard InChI is InChI=1S/C19H15N3O3S/c1-25-14-5-6-15-12(8-17-18(23)21-19(24)26-17)10-22(16(15)9-14)11-13-4-2-3-7-20-13/h2-10H,11H2,1H3,(H,21,23,24)/b17-8-. The van der Waals surface area contributed by atoms with Crippen LogP contribution in [-0.4, -0.2) is 27.8 Å². The first kappa shape index (κ1) is 16.4. The Bertz CT molecular complexity index is 1040. The van der Waals surface area contributed by atoms with Crippen molar-refractivity contribution < 1.29 is 14.3 Å². The monoisotopic (exact) mass is 365 g/mol. The van der Waals surface area contributed by atoms with Crippen LogP contribution in [0.4, 0.5) is 4.79 Å². The van der Waals surface area contributed by atoms with Crippen molar-refractivity contribution in [3.05, 3.63) is 65.0 Å². The van der Waals surface area contributed by atoms with Gasteiger partial charge in [0, 0.05) is 29.4 Å². The molecule has 1 aliphatic rings. The van der Waals surface area contributed by atoms with Crippen LogP contribution in [0.3, 0.4) is 0 Å². The molecule has 1 N–H and O–H groups in total. The van der Waals surface area contributed by atoms with Gasteiger partial charge in [0.15, 0.2) is 0 Å². The fraction of sp³-hybridized carbons (Fsp3) is 0.105. The molecule has 2 aromatic heterocycles. The normalized spacial score (nSPS) is 15.7. The Morgan fingerprint density at radius 2 is 2.15 bits per heavy atom. The first-order chi connectivity index (χ1) is 12.6. The summed E-state index contributed by atoms with van der Waals surface area (Å²) in [6, 6.07) is 11.6. The SMILES string of the molecule is COc1ccc2c(/C=C3\SC(=O)NC3=O)cn(Cc3ccccn3)c2c1. The van der Waals surface area contributed by atoms with Crippen molar-refractivity contribution >= 4 is 39.9 Å². The summed E-state index contributed by atoms with van der Waals surface area (Å²) in [6.45, 7) is 0.589. The van der Waals surface area contributed by atoms with Crippen molar-refractivity contribution in [3.63, 3.8) is 0 Å². The predicted octanol–water partition coefficient (Wildman–Crippen LogP) is 3.42. The van der Waals surface area contributed by atoms with Gasteiger partial charge in [0.1, 0.15) is 5.75 Å². The van der Waals surface area contributed by atoms with Crippen LogP contribution in [0.1, 0.15) is 11.3 Å². The van der Waals surface area contributed by atoms with Crippen LogP contribution in [-0.2, 0) is 11.3 Å². The third kappa shape index (κ3) is 3.09. The Labute approximate surface area is 153 Å². The summed E-state index contributed by atoms with van der Waals surface area (Å²) >= 11 is 0.913. The molecule has 7 heteroatoms. The number of hydrogen-bond acceptors (Lipinski definition) is 5. The lowest BCUT2D eigenvalue weighted by atomic mass is 10.1. The lowest BCUT2D eigenvalue weighted by Crippen LogP contribution is -2.17. The molecule has 1 aromatic carbocycles. The summed E-state index contributed by atoms with van der Waals surface area (Å²) in [5.41, 5.74) is 2.76. The van der Waals surface area contributed by atoms with E-state index in [1.54, 1.807) is 19.4 Å². The number of thioether (sulfide) groups is 1. The molecule has 1 aliphatic heterocycles. The molecule has 1 fully saturated rings. The molecule has 0 bridgehead atoms. The fourth-order valence-electron chi connectivity index (χ4n) is 2.90. The number of imide groups is 1. The zero-order valence-electron chi connectivity index (χ0n) is 13.9. The maximum atomic E-state index is 11.9. The number of pyridine rings is 1. The fourth-order valence-corrected chi connectivity index (χ4v) is 3.57. The number of amides is 2. The van der Waals surface area contributed by atoms with Crippen molar-refractivity contribution in [2.24, 2.45) is 0 Å². The quantitative estimate of drug-likeness (QED) is 0.717. The first-order valence-electron chi connectivity index (χ1n) is 7.95. The summed E-state index contributed by atoms with van der Waals surface area (Å²) in [7, 11) is 1.63. The predicted molar refractivity (Wildman–Crippen MR) is 101 cm³/mol. The van der Waals surface area contributed by atoms with Crippen LogP contribution in [0.2, 0.25) is 0 Å². The highest BCUT2D eigenvalue weighted by atomic mass is 32.2. The van der Waals surface area contributed by atoms with Crippen molar-refractivity contribution in [2.75, 3.05) is 7.11 Å². The van der Waals surface area contributed by atoms with E-state index in [4.69, 9.17) is 4.74 Å². The molecule has 26 heavy (non-hydrogen) atoms. The third-order valence-electron chi connectivity index (χ3n) is 4.11. The van der Waals surface area contributed by atoms with E-state index in [2.05, 4.69) is 14.9 Å². The Morgan fingerprint density at radius 1 is 1.27 bits per heavy atom. The lowest BCUT2D eigenvalue weighted by molar-refractivity contribution is -0.115. The molecular formula is C19H15N3O3S. The Kier molecular flexibility index (Phi) is 4.22. The van der Waals surface area contributed by atoms with Crippen molar-refractivity contribution in [2.45, 2.75) is 6.54 Å². The average Bonchev–Trinajstić information content (AvgIpc) is 3.15. The number of benzene rings is 1. The minimum Gasteiger partial charge on any atom is -0.497 e. The van der Waals surface area contributed by atoms with E-state index < -0.39 is 0 Å². The highest BCUT2D eigenvalue weighted by Crippen LogP contribution is 2.31. The number of ether oxygens (including phenoxy) is 1. The molecule has 4 rings (SSSR count). The highest BCUT2D eigenvalue weighted by molar-refractivity contribution is 8.18. The number of aromatic nitrogens is 2. The van der Waals surface area contributed by atoms with Crippen molar-refractivity contribution in [3.8, 4) is 5.75 Å². The molecule has 0 aliphatic carbocycles. The van der Waals surface area contributed by atoms with Gasteiger partial charge < -0.3 is 9.30 Å². The largest absolute Gasteiger partial charge is 0.497 e. The Hall–Kier alpha value is -3.06. The van der Waals surface area contributed by atoms with Crippen molar-refractivity contribution in [1.29, 1.82) is 0 Å². The molecule has 1 saturated heterocycles. The molecule has 0 radical (unpaired) electrons. The number of rotatable bonds is 4. The third-order valence-corrected chi connectivity index (χ3v) is 4.92. The Balaban J connectivity index is 1.82. The van der Waals surface area contributed by atoms with Crippen LogP contribution >= 0.6 is 11.8 Å². The van der Waals surface area contributed by atoms with Gasteiger partial charge in [-0.3, -0.25) is 19.9 Å². The van der Waals surface area contributed by atoms with Gasteiger partial charge in [0.25, 0.3) is 11.1 Å². The minimum absolute atomic E-state index is 0.347. The number of carbonyl (C=O) groups excluding carboxylic acids is 2. The van der Waals surface area contributed by atoms with Crippen LogP contribution < -0.4 is 10.1 Å². The van der Waals surface area contributed by atoms with Crippen molar-refractivity contribution in [1.82, 2.24) is 14.9 Å². The number of nitrogens with one attached hydrogen (secondary N) is 1. The summed E-state index contributed by atoms with van der Waals surface area (Å²) in [4.78, 5) is 28.0. The smallest absolute Gasteiger partial charge is 0.290 e. The molecule has 0 saturated carbocycles. The average molecular weight is 365 g/mol. The van der Waals surface area contributed by atoms with E-state index in [0.717, 1.165) is 39.7 Å². The second-order valence-electron chi connectivity index (χ2n) is 5.77. The van der Waals surface area contributed by atoms with E-state index in [1.165, 1.54) is 0 Å². The number of methoxy groups -OCH3 is 1. The van der Waals surface area contributed by atoms with E-state index in [9.17, 15) is 9.59 Å². The molecule has 6 nitrogen and oxygen atoms in total. The second-order valence-corrected chi connectivity index (χ2v) is 6.78. The van der Waals surface area contributed by atoms with Gasteiger partial charge >= 0.3 is 0 Å². The van der Waals surface area contributed by atoms with Gasteiger partial charge in [-0.2, -0.15) is 0 Å². The topological polar surface area (TPSA) is 73.2 Å². The molecule has 3 heterocycles. The van der Waals surface area contributed by atoms with E-state index in [1.807, 2.05) is 42.6 Å². The summed E-state index contributed by atoms with van der Waals surface area (Å²) < 4.78 is 7.41. The Morgan fingerprint density at radius 3 is 2.85 bits per heavy atom. The summed E-state index contributed by atoms with van der Waals surface area (Å²) in [5, 5.41) is 2.91. The number of nitrogens with zero attached hydrogens (tertiary/aromatic N) is 2. The van der Waals surface area contributed by atoms with Gasteiger partial charge in [-0.15, -0.1) is 0 Å². The van der Waals surface area contributed by atoms with Gasteiger partial charge in [0.05, 0.1) is 29.8 Å². The van der Waals surface area contributed by atoms with Gasteiger partial charge in [-0.1, -0.05) is 6.07 Å². The molecule has 0 atom stereocenters. The maximum Gasteiger partial charge on any atom is 0.290 e. The first-order valence-corrected chi connectivity index (χ1v) is 8.77. The van der Waals surface area contributed by atoms with Gasteiger partial charge in [0.2, 0.25) is 0 Å². The highest BCUT2D eigenvalue weighted by Gasteiger charge is 2.25. The lowest BCUT2D eigenvalue weighted by Gasteiger charge is -2.06. The zero-order chi connectivity index (χ0) is 18.1. The van der Waals surface area contributed by atoms with E-state index in [-0.39, 0.29) is 11.1 Å². The minimum atomic E-state index is -0.362. The van der Waals surface area contributed by atoms with Crippen LogP contribution in [0.25, 0.3) is 17.0 Å². The summed E-state index contributed by atoms with van der Waals surface area (Å²) in [6.07, 6.45) is 5.46. The molecule has 2 amide bonds. The number of carbonyl (C=O) groups is 2. The molecular weight excluding hydrogens is 350 g/mol. The van der Waals surface area contributed by atoms with E-state index >= 15 is 0 Å².